The standard InChI is InChI=1S/C13H14N4O/c1-17-8-10(15-16-17)7-13(18)12-6-9-4-2-3-5-11(9)14-12/h2-5,8,12,14H,6-7H2,1H3. The first kappa shape index (κ1) is 11.0. The van der Waals surface area contributed by atoms with E-state index in [-0.39, 0.29) is 11.8 Å². The minimum Gasteiger partial charge on any atom is -0.375 e. The van der Waals surface area contributed by atoms with Gasteiger partial charge in [0.1, 0.15) is 0 Å². The monoisotopic (exact) mass is 242 g/mol. The molecule has 18 heavy (non-hydrogen) atoms. The molecule has 0 amide bonds. The van der Waals surface area contributed by atoms with Gasteiger partial charge in [0.05, 0.1) is 18.2 Å². The van der Waals surface area contributed by atoms with Gasteiger partial charge in [0.25, 0.3) is 0 Å². The van der Waals surface area contributed by atoms with E-state index in [4.69, 9.17) is 0 Å². The fourth-order valence-corrected chi connectivity index (χ4v) is 2.27. The van der Waals surface area contributed by atoms with Gasteiger partial charge in [-0.1, -0.05) is 23.4 Å². The van der Waals surface area contributed by atoms with Gasteiger partial charge in [-0.2, -0.15) is 0 Å². The molecule has 0 bridgehead atoms. The van der Waals surface area contributed by atoms with Crippen LogP contribution in [0.4, 0.5) is 5.69 Å². The zero-order valence-electron chi connectivity index (χ0n) is 10.1. The highest BCUT2D eigenvalue weighted by Crippen LogP contribution is 2.25. The first-order chi connectivity index (χ1) is 8.72. The molecule has 2 heterocycles. The van der Waals surface area contributed by atoms with Gasteiger partial charge in [-0.15, -0.1) is 5.10 Å². The van der Waals surface area contributed by atoms with Gasteiger partial charge < -0.3 is 5.32 Å². The lowest BCUT2D eigenvalue weighted by molar-refractivity contribution is -0.119. The van der Waals surface area contributed by atoms with Crippen molar-refractivity contribution < 1.29 is 4.79 Å². The van der Waals surface area contributed by atoms with Crippen LogP contribution in [-0.4, -0.2) is 26.8 Å². The summed E-state index contributed by atoms with van der Waals surface area (Å²) in [5, 5.41) is 11.0. The minimum atomic E-state index is -0.135. The average molecular weight is 242 g/mol. The Balaban J connectivity index is 1.69. The van der Waals surface area contributed by atoms with Gasteiger partial charge in [-0.25, -0.2) is 0 Å². The second-order valence-corrected chi connectivity index (χ2v) is 4.58. The third-order valence-corrected chi connectivity index (χ3v) is 3.17. The summed E-state index contributed by atoms with van der Waals surface area (Å²) < 4.78 is 1.61. The smallest absolute Gasteiger partial charge is 0.161 e. The van der Waals surface area contributed by atoms with E-state index in [1.54, 1.807) is 17.9 Å². The fraction of sp³-hybridized carbons (Fsp3) is 0.308. The number of rotatable bonds is 3. The van der Waals surface area contributed by atoms with Crippen LogP contribution in [0.2, 0.25) is 0 Å². The van der Waals surface area contributed by atoms with Crippen LogP contribution in [0.3, 0.4) is 0 Å². The molecule has 5 nitrogen and oxygen atoms in total. The number of anilines is 1. The van der Waals surface area contributed by atoms with Gasteiger partial charge in [0, 0.05) is 25.4 Å². The normalized spacial score (nSPS) is 17.3. The van der Waals surface area contributed by atoms with Crippen LogP contribution in [0, 0.1) is 0 Å². The van der Waals surface area contributed by atoms with Crippen LogP contribution < -0.4 is 5.32 Å². The molecule has 1 aliphatic heterocycles. The summed E-state index contributed by atoms with van der Waals surface area (Å²) >= 11 is 0. The van der Waals surface area contributed by atoms with Crippen LogP contribution in [0.5, 0.6) is 0 Å². The second kappa shape index (κ2) is 4.25. The third-order valence-electron chi connectivity index (χ3n) is 3.17. The maximum atomic E-state index is 12.2. The van der Waals surface area contributed by atoms with Crippen molar-refractivity contribution >= 4 is 11.5 Å². The Morgan fingerprint density at radius 2 is 2.33 bits per heavy atom. The number of nitrogens with one attached hydrogen (secondary N) is 1. The lowest BCUT2D eigenvalue weighted by atomic mass is 10.0. The molecule has 1 N–H and O–H groups in total. The Morgan fingerprint density at radius 1 is 1.50 bits per heavy atom. The Morgan fingerprint density at radius 3 is 3.06 bits per heavy atom. The highest BCUT2D eigenvalue weighted by Gasteiger charge is 2.26. The molecule has 1 atom stereocenters. The summed E-state index contributed by atoms with van der Waals surface area (Å²) in [7, 11) is 1.80. The van der Waals surface area contributed by atoms with E-state index in [0.717, 1.165) is 17.8 Å². The van der Waals surface area contributed by atoms with Crippen molar-refractivity contribution in [2.75, 3.05) is 5.32 Å². The van der Waals surface area contributed by atoms with Crippen molar-refractivity contribution in [2.45, 2.75) is 18.9 Å². The Bertz CT molecular complexity index is 565. The van der Waals surface area contributed by atoms with E-state index in [0.29, 0.717) is 6.42 Å². The van der Waals surface area contributed by atoms with E-state index >= 15 is 0 Å². The molecule has 2 aromatic rings. The van der Waals surface area contributed by atoms with Crippen LogP contribution in [0.1, 0.15) is 11.3 Å². The number of aryl methyl sites for hydroxylation is 1. The molecule has 0 saturated carbocycles. The van der Waals surface area contributed by atoms with Crippen LogP contribution in [-0.2, 0) is 24.7 Å². The minimum absolute atomic E-state index is 0.135. The maximum absolute atomic E-state index is 12.2. The van der Waals surface area contributed by atoms with Gasteiger partial charge in [0.2, 0.25) is 0 Å². The quantitative estimate of drug-likeness (QED) is 0.871. The van der Waals surface area contributed by atoms with Gasteiger partial charge in [0.15, 0.2) is 5.78 Å². The molecule has 0 spiro atoms. The summed E-state index contributed by atoms with van der Waals surface area (Å²) in [6, 6.07) is 7.89. The molecule has 1 aromatic heterocycles. The number of fused-ring (bicyclic) bond motifs is 1. The predicted octanol–water partition coefficient (Wildman–Crippen LogP) is 0.963. The molecular weight excluding hydrogens is 228 g/mol. The fourth-order valence-electron chi connectivity index (χ4n) is 2.27. The van der Waals surface area contributed by atoms with Crippen LogP contribution in [0.25, 0.3) is 0 Å². The zero-order valence-corrected chi connectivity index (χ0v) is 10.1. The number of nitrogens with zero attached hydrogens (tertiary/aromatic N) is 3. The lowest BCUT2D eigenvalue weighted by Crippen LogP contribution is -2.28. The number of benzene rings is 1. The van der Waals surface area contributed by atoms with Crippen molar-refractivity contribution in [3.63, 3.8) is 0 Å². The number of aromatic nitrogens is 3. The highest BCUT2D eigenvalue weighted by molar-refractivity contribution is 5.90. The van der Waals surface area contributed by atoms with Crippen molar-refractivity contribution in [2.24, 2.45) is 7.05 Å². The molecule has 5 heteroatoms. The number of hydrogen-bond donors (Lipinski definition) is 1. The van der Waals surface area contributed by atoms with E-state index in [2.05, 4.69) is 21.7 Å². The molecule has 1 aliphatic rings. The predicted molar refractivity (Wildman–Crippen MR) is 67.3 cm³/mol. The summed E-state index contributed by atoms with van der Waals surface area (Å²) in [5.74, 6) is 0.159. The van der Waals surface area contributed by atoms with Crippen LogP contribution >= 0.6 is 0 Å². The molecular formula is C13H14N4O. The second-order valence-electron chi connectivity index (χ2n) is 4.58. The topological polar surface area (TPSA) is 59.8 Å². The third kappa shape index (κ3) is 1.99. The van der Waals surface area contributed by atoms with Crippen molar-refractivity contribution in [3.05, 3.63) is 41.7 Å². The zero-order chi connectivity index (χ0) is 12.5. The Hall–Kier alpha value is -2.17. The first-order valence-corrected chi connectivity index (χ1v) is 5.95. The molecule has 3 rings (SSSR count). The average Bonchev–Trinajstić information content (AvgIpc) is 2.95. The Labute approximate surface area is 105 Å². The molecule has 1 aromatic carbocycles. The molecule has 0 fully saturated rings. The summed E-state index contributed by atoms with van der Waals surface area (Å²) in [5.41, 5.74) is 2.99. The molecule has 0 saturated heterocycles. The first-order valence-electron chi connectivity index (χ1n) is 5.95. The van der Waals surface area contributed by atoms with Gasteiger partial charge in [-0.05, 0) is 11.6 Å². The molecule has 1 unspecified atom stereocenters. The van der Waals surface area contributed by atoms with E-state index < -0.39 is 0 Å². The largest absolute Gasteiger partial charge is 0.375 e. The number of carbonyl (C=O) groups excluding carboxylic acids is 1. The lowest BCUT2D eigenvalue weighted by Gasteiger charge is -2.08. The molecule has 0 radical (unpaired) electrons. The SMILES string of the molecule is Cn1cc(CC(=O)C2Cc3ccccc3N2)nn1. The number of Topliss-reactive ketones (excluding diaryl/α,β-unsaturated/α-hetero) is 1. The summed E-state index contributed by atoms with van der Waals surface area (Å²) in [6.45, 7) is 0. The van der Waals surface area contributed by atoms with Crippen molar-refractivity contribution in [3.8, 4) is 0 Å². The number of para-hydroxylation sites is 1. The van der Waals surface area contributed by atoms with E-state index in [1.165, 1.54) is 5.56 Å². The molecule has 92 valence electrons. The highest BCUT2D eigenvalue weighted by atomic mass is 16.1. The summed E-state index contributed by atoms with van der Waals surface area (Å²) in [6.07, 6.45) is 2.87. The summed E-state index contributed by atoms with van der Waals surface area (Å²) in [4.78, 5) is 12.2. The number of hydrogen-bond acceptors (Lipinski definition) is 4. The maximum Gasteiger partial charge on any atom is 0.161 e. The Kier molecular flexibility index (Phi) is 2.59. The van der Waals surface area contributed by atoms with Crippen molar-refractivity contribution in [1.82, 2.24) is 15.0 Å². The van der Waals surface area contributed by atoms with Crippen LogP contribution in [0.15, 0.2) is 30.5 Å². The number of ketones is 1. The van der Waals surface area contributed by atoms with Crippen molar-refractivity contribution in [1.29, 1.82) is 0 Å². The van der Waals surface area contributed by atoms with E-state index in [1.807, 2.05) is 18.2 Å². The van der Waals surface area contributed by atoms with Gasteiger partial charge in [-0.3, -0.25) is 9.48 Å². The van der Waals surface area contributed by atoms with Gasteiger partial charge >= 0.3 is 0 Å². The number of carbonyl (C=O) groups is 1. The van der Waals surface area contributed by atoms with E-state index in [9.17, 15) is 4.79 Å². The molecule has 0 aliphatic carbocycles.